The number of carbonyl (C=O) groups is 2. The van der Waals surface area contributed by atoms with Crippen LogP contribution in [0.2, 0.25) is 10.0 Å². The Morgan fingerprint density at radius 1 is 1.18 bits per heavy atom. The number of carbonyl (C=O) groups excluding carboxylic acids is 2. The first-order chi connectivity index (χ1) is 15.6. The molecule has 1 aromatic rings. The van der Waals surface area contributed by atoms with Gasteiger partial charge in [-0.05, 0) is 30.5 Å². The van der Waals surface area contributed by atoms with Gasteiger partial charge in [-0.3, -0.25) is 9.69 Å². The second kappa shape index (κ2) is 11.7. The number of rotatable bonds is 7. The summed E-state index contributed by atoms with van der Waals surface area (Å²) < 4.78 is 48.6. The number of hydrogen-bond donors (Lipinski definition) is 1. The molecule has 1 saturated heterocycles. The summed E-state index contributed by atoms with van der Waals surface area (Å²) in [5.41, 5.74) is 0.977. The van der Waals surface area contributed by atoms with E-state index in [4.69, 9.17) is 27.9 Å². The van der Waals surface area contributed by atoms with Crippen LogP contribution >= 0.6 is 23.2 Å². The number of hydrogen-bond acceptors (Lipinski definition) is 5. The molecule has 1 amide bonds. The van der Waals surface area contributed by atoms with Gasteiger partial charge in [0.1, 0.15) is 0 Å². The number of ether oxygens (including phenoxy) is 2. The predicted molar refractivity (Wildman–Crippen MR) is 117 cm³/mol. The van der Waals surface area contributed by atoms with Crippen molar-refractivity contribution in [1.82, 2.24) is 10.2 Å². The Labute approximate surface area is 200 Å². The van der Waals surface area contributed by atoms with E-state index in [0.717, 1.165) is 24.8 Å². The lowest BCUT2D eigenvalue weighted by Crippen LogP contribution is -2.50. The highest BCUT2D eigenvalue weighted by Gasteiger charge is 2.45. The zero-order valence-corrected chi connectivity index (χ0v) is 19.5. The normalized spacial score (nSPS) is 21.4. The maximum Gasteiger partial charge on any atom is 0.490 e. The molecule has 11 heteroatoms. The topological polar surface area (TPSA) is 67.9 Å². The van der Waals surface area contributed by atoms with E-state index in [1.165, 1.54) is 0 Å². The first-order valence-electron chi connectivity index (χ1n) is 11.0. The van der Waals surface area contributed by atoms with Crippen molar-refractivity contribution in [2.24, 2.45) is 5.92 Å². The minimum absolute atomic E-state index is 0.101. The van der Waals surface area contributed by atoms with Gasteiger partial charge < -0.3 is 14.8 Å². The fourth-order valence-corrected chi connectivity index (χ4v) is 4.56. The summed E-state index contributed by atoms with van der Waals surface area (Å²) in [6.45, 7) is 2.34. The average Bonchev–Trinajstić information content (AvgIpc) is 2.78. The van der Waals surface area contributed by atoms with Crippen LogP contribution < -0.4 is 5.32 Å². The first kappa shape index (κ1) is 26.1. The van der Waals surface area contributed by atoms with Crippen LogP contribution in [0.15, 0.2) is 18.2 Å². The summed E-state index contributed by atoms with van der Waals surface area (Å²) in [7, 11) is 0. The minimum atomic E-state index is -5.15. The Morgan fingerprint density at radius 3 is 2.58 bits per heavy atom. The predicted octanol–water partition coefficient (Wildman–Crippen LogP) is 4.36. The third-order valence-electron chi connectivity index (χ3n) is 5.92. The largest absolute Gasteiger partial charge is 0.490 e. The van der Waals surface area contributed by atoms with E-state index in [0.29, 0.717) is 49.1 Å². The van der Waals surface area contributed by atoms with E-state index < -0.39 is 30.1 Å². The highest BCUT2D eigenvalue weighted by Crippen LogP contribution is 2.30. The molecule has 184 valence electrons. The lowest BCUT2D eigenvalue weighted by molar-refractivity contribution is -0.208. The molecule has 1 aliphatic heterocycles. The summed E-state index contributed by atoms with van der Waals surface area (Å²) in [6.07, 6.45) is -3.36. The standard InChI is InChI=1S/C22H27Cl2F3N2O4/c23-17-7-6-14(10-18(17)24)12-29-8-9-32-16(13-29)11-28-20(30)19(15-4-2-1-3-5-15)33-21(31)22(25,26)27/h6-7,10,15-16,19H,1-5,8-9,11-13H2,(H,28,30). The second-order valence-corrected chi connectivity index (χ2v) is 9.26. The molecule has 6 nitrogen and oxygen atoms in total. The van der Waals surface area contributed by atoms with Gasteiger partial charge >= 0.3 is 12.1 Å². The van der Waals surface area contributed by atoms with E-state index in [1.807, 2.05) is 6.07 Å². The molecule has 1 N–H and O–H groups in total. The summed E-state index contributed by atoms with van der Waals surface area (Å²) in [4.78, 5) is 26.3. The summed E-state index contributed by atoms with van der Waals surface area (Å²) in [5, 5.41) is 3.57. The molecule has 3 rings (SSSR count). The van der Waals surface area contributed by atoms with E-state index in [-0.39, 0.29) is 12.6 Å². The molecule has 33 heavy (non-hydrogen) atoms. The summed E-state index contributed by atoms with van der Waals surface area (Å²) in [5.74, 6) is -3.48. The third-order valence-corrected chi connectivity index (χ3v) is 6.66. The van der Waals surface area contributed by atoms with Gasteiger partial charge in [-0.1, -0.05) is 48.5 Å². The summed E-state index contributed by atoms with van der Waals surface area (Å²) in [6, 6.07) is 5.40. The Balaban J connectivity index is 1.55. The van der Waals surface area contributed by atoms with E-state index in [9.17, 15) is 22.8 Å². The van der Waals surface area contributed by atoms with Crippen molar-refractivity contribution in [3.63, 3.8) is 0 Å². The lowest BCUT2D eigenvalue weighted by atomic mass is 9.85. The molecule has 0 spiro atoms. The molecule has 2 fully saturated rings. The van der Waals surface area contributed by atoms with Crippen molar-refractivity contribution < 1.29 is 32.2 Å². The van der Waals surface area contributed by atoms with Crippen molar-refractivity contribution >= 4 is 35.1 Å². The Bertz CT molecular complexity index is 834. The Hall–Kier alpha value is -1.55. The van der Waals surface area contributed by atoms with Gasteiger partial charge in [0.15, 0.2) is 6.10 Å². The van der Waals surface area contributed by atoms with Gasteiger partial charge in [-0.25, -0.2) is 4.79 Å². The van der Waals surface area contributed by atoms with Gasteiger partial charge in [0.25, 0.3) is 5.91 Å². The molecule has 1 aromatic carbocycles. The fraction of sp³-hybridized carbons (Fsp3) is 0.636. The number of nitrogens with one attached hydrogen (secondary N) is 1. The molecule has 2 unspecified atom stereocenters. The van der Waals surface area contributed by atoms with Gasteiger partial charge in [-0.2, -0.15) is 13.2 Å². The number of amides is 1. The Morgan fingerprint density at radius 2 is 1.91 bits per heavy atom. The minimum Gasteiger partial charge on any atom is -0.445 e. The van der Waals surface area contributed by atoms with E-state index in [2.05, 4.69) is 15.0 Å². The van der Waals surface area contributed by atoms with Crippen LogP contribution in [0.3, 0.4) is 0 Å². The number of alkyl halides is 3. The number of halogens is 5. The van der Waals surface area contributed by atoms with Crippen LogP contribution in [0.4, 0.5) is 13.2 Å². The van der Waals surface area contributed by atoms with Crippen LogP contribution in [-0.2, 0) is 25.6 Å². The molecular formula is C22H27Cl2F3N2O4. The number of morpholine rings is 1. The third kappa shape index (κ3) is 7.73. The number of nitrogens with zero attached hydrogens (tertiary/aromatic N) is 1. The summed E-state index contributed by atoms with van der Waals surface area (Å²) >= 11 is 12.0. The highest BCUT2D eigenvalue weighted by atomic mass is 35.5. The number of benzene rings is 1. The molecule has 1 saturated carbocycles. The van der Waals surface area contributed by atoms with E-state index >= 15 is 0 Å². The lowest BCUT2D eigenvalue weighted by Gasteiger charge is -2.34. The fourth-order valence-electron chi connectivity index (χ4n) is 4.24. The SMILES string of the molecule is O=C(NCC1CN(Cc2ccc(Cl)c(Cl)c2)CCO1)C(OC(=O)C(F)(F)F)C1CCCCC1. The first-order valence-corrected chi connectivity index (χ1v) is 11.7. The van der Waals surface area contributed by atoms with Gasteiger partial charge in [-0.15, -0.1) is 0 Å². The molecule has 0 radical (unpaired) electrons. The zero-order chi connectivity index (χ0) is 24.0. The van der Waals surface area contributed by atoms with Crippen molar-refractivity contribution in [3.8, 4) is 0 Å². The maximum atomic E-state index is 12.7. The second-order valence-electron chi connectivity index (χ2n) is 8.44. The molecule has 2 aliphatic rings. The smallest absolute Gasteiger partial charge is 0.445 e. The highest BCUT2D eigenvalue weighted by molar-refractivity contribution is 6.42. The zero-order valence-electron chi connectivity index (χ0n) is 18.0. The van der Waals surface area contributed by atoms with E-state index in [1.54, 1.807) is 12.1 Å². The van der Waals surface area contributed by atoms with Crippen LogP contribution in [0.1, 0.15) is 37.7 Å². The van der Waals surface area contributed by atoms with Crippen molar-refractivity contribution in [2.75, 3.05) is 26.2 Å². The average molecular weight is 511 g/mol. The maximum absolute atomic E-state index is 12.7. The van der Waals surface area contributed by atoms with Crippen LogP contribution in [0, 0.1) is 5.92 Å². The van der Waals surface area contributed by atoms with Crippen molar-refractivity contribution in [1.29, 1.82) is 0 Å². The Kier molecular flexibility index (Phi) is 9.26. The van der Waals surface area contributed by atoms with Crippen LogP contribution in [-0.4, -0.2) is 61.4 Å². The van der Waals surface area contributed by atoms with Crippen LogP contribution in [0.25, 0.3) is 0 Å². The quantitative estimate of drug-likeness (QED) is 0.551. The van der Waals surface area contributed by atoms with Crippen molar-refractivity contribution in [3.05, 3.63) is 33.8 Å². The molecule has 0 bridgehead atoms. The number of esters is 1. The van der Waals surface area contributed by atoms with Gasteiger partial charge in [0, 0.05) is 32.1 Å². The van der Waals surface area contributed by atoms with Gasteiger partial charge in [0.05, 0.1) is 22.8 Å². The van der Waals surface area contributed by atoms with Gasteiger partial charge in [0.2, 0.25) is 0 Å². The molecule has 1 heterocycles. The molecular weight excluding hydrogens is 484 g/mol. The molecule has 1 aliphatic carbocycles. The monoisotopic (exact) mass is 510 g/mol. The van der Waals surface area contributed by atoms with Crippen LogP contribution in [0.5, 0.6) is 0 Å². The molecule has 0 aromatic heterocycles. The van der Waals surface area contributed by atoms with Crippen molar-refractivity contribution in [2.45, 2.75) is 57.0 Å². The molecule has 2 atom stereocenters.